The summed E-state index contributed by atoms with van der Waals surface area (Å²) in [5.41, 5.74) is 2.33. The van der Waals surface area contributed by atoms with Gasteiger partial charge in [-0.3, -0.25) is 0 Å². The maximum absolute atomic E-state index is 14.1. The first kappa shape index (κ1) is 20.2. The van der Waals surface area contributed by atoms with Crippen LogP contribution < -0.4 is 14.2 Å². The van der Waals surface area contributed by atoms with Crippen LogP contribution in [0.25, 0.3) is 33.5 Å². The highest BCUT2D eigenvalue weighted by molar-refractivity contribution is 5.77. The molecule has 1 aliphatic heterocycles. The lowest BCUT2D eigenvalue weighted by Crippen LogP contribution is -2.37. The molecule has 170 valence electrons. The molecule has 3 aromatic heterocycles. The van der Waals surface area contributed by atoms with Crippen LogP contribution in [-0.4, -0.2) is 21.4 Å². The second kappa shape index (κ2) is 7.30. The van der Waals surface area contributed by atoms with E-state index in [1.165, 1.54) is 36.7 Å². The van der Waals surface area contributed by atoms with E-state index in [0.29, 0.717) is 27.9 Å². The number of nitrogens with one attached hydrogen (secondary N) is 1. The van der Waals surface area contributed by atoms with Crippen molar-refractivity contribution in [1.29, 1.82) is 0 Å². The Bertz CT molecular complexity index is 1560. The van der Waals surface area contributed by atoms with Crippen LogP contribution in [0, 0.1) is 11.6 Å². The summed E-state index contributed by atoms with van der Waals surface area (Å²) in [5, 5.41) is 4.28. The number of nitrogens with zero attached hydrogens (tertiary/aromatic N) is 3. The second-order valence-electron chi connectivity index (χ2n) is 7.59. The molecule has 0 fully saturated rings. The molecule has 0 unspecified atom stereocenters. The van der Waals surface area contributed by atoms with Crippen LogP contribution in [0.2, 0.25) is 0 Å². The summed E-state index contributed by atoms with van der Waals surface area (Å²) in [5.74, 6) is -1.32. The van der Waals surface area contributed by atoms with Gasteiger partial charge in [-0.05, 0) is 41.0 Å². The molecule has 0 aliphatic carbocycles. The Morgan fingerprint density at radius 1 is 1.00 bits per heavy atom. The fraction of sp³-hybridized carbons (Fsp3) is 0.0870. The maximum Gasteiger partial charge on any atom is 0.586 e. The number of hydrogen-bond acceptors (Lipinski definition) is 5. The maximum atomic E-state index is 14.1. The number of aromatic amines is 1. The Morgan fingerprint density at radius 3 is 2.74 bits per heavy atom. The number of halogens is 4. The lowest BCUT2D eigenvalue weighted by atomic mass is 10.1. The zero-order valence-corrected chi connectivity index (χ0v) is 17.1. The van der Waals surface area contributed by atoms with Gasteiger partial charge in [-0.2, -0.15) is 0 Å². The predicted octanol–water partition coefficient (Wildman–Crippen LogP) is 4.82. The number of benzene rings is 2. The summed E-state index contributed by atoms with van der Waals surface area (Å²) in [6.45, 7) is 0.251. The molecule has 6 rings (SSSR count). The Balaban J connectivity index is 1.25. The summed E-state index contributed by atoms with van der Waals surface area (Å²) >= 11 is 0. The number of H-pyrrole nitrogens is 1. The van der Waals surface area contributed by atoms with Crippen molar-refractivity contribution in [2.45, 2.75) is 12.8 Å². The number of aromatic nitrogens is 4. The number of alkyl halides is 2. The third kappa shape index (κ3) is 3.51. The van der Waals surface area contributed by atoms with Crippen molar-refractivity contribution in [3.05, 3.63) is 78.5 Å². The molecule has 1 aliphatic rings. The van der Waals surface area contributed by atoms with Crippen LogP contribution in [0.1, 0.15) is 5.76 Å². The molecule has 1 N–H and O–H groups in total. The van der Waals surface area contributed by atoms with Crippen molar-refractivity contribution in [3.8, 4) is 34.0 Å². The van der Waals surface area contributed by atoms with Crippen molar-refractivity contribution in [2.75, 3.05) is 0 Å². The minimum absolute atomic E-state index is 0.0138. The Kier molecular flexibility index (Phi) is 4.34. The number of fused-ring (bicyclic) bond motifs is 2. The van der Waals surface area contributed by atoms with Gasteiger partial charge in [-0.1, -0.05) is 16.8 Å². The lowest BCUT2D eigenvalue weighted by Gasteiger charge is -2.04. The molecular weight excluding hydrogens is 456 g/mol. The van der Waals surface area contributed by atoms with Gasteiger partial charge in [0.2, 0.25) is 12.7 Å². The SMILES string of the molecule is Fc1cccc(-c2nc3cn[n+](Cc4cc(-c5ccc6c(c5)OC(F)(F)O6)co4)cc3[nH]2)c1F. The molecule has 4 heterocycles. The first-order chi connectivity index (χ1) is 16.3. The quantitative estimate of drug-likeness (QED) is 0.302. The molecular formula is C23H13F4N4O3+. The first-order valence-corrected chi connectivity index (χ1v) is 10.0. The van der Waals surface area contributed by atoms with Gasteiger partial charge in [0.25, 0.3) is 0 Å². The van der Waals surface area contributed by atoms with E-state index in [1.54, 1.807) is 23.0 Å². The van der Waals surface area contributed by atoms with E-state index in [-0.39, 0.29) is 29.4 Å². The highest BCUT2D eigenvalue weighted by Gasteiger charge is 2.43. The third-order valence-corrected chi connectivity index (χ3v) is 5.28. The van der Waals surface area contributed by atoms with Crippen molar-refractivity contribution < 1.29 is 36.1 Å². The van der Waals surface area contributed by atoms with Gasteiger partial charge in [0.1, 0.15) is 23.1 Å². The number of furan rings is 1. The van der Waals surface area contributed by atoms with Gasteiger partial charge in [-0.25, -0.2) is 13.8 Å². The molecule has 0 saturated carbocycles. The van der Waals surface area contributed by atoms with Gasteiger partial charge in [0.05, 0.1) is 11.8 Å². The molecule has 0 atom stereocenters. The van der Waals surface area contributed by atoms with E-state index < -0.39 is 17.9 Å². The van der Waals surface area contributed by atoms with E-state index in [1.807, 2.05) is 0 Å². The summed E-state index contributed by atoms with van der Waals surface area (Å²) in [6.07, 6.45) is 0.962. The van der Waals surface area contributed by atoms with E-state index in [2.05, 4.69) is 24.5 Å². The highest BCUT2D eigenvalue weighted by Crippen LogP contribution is 2.43. The highest BCUT2D eigenvalue weighted by atomic mass is 19.3. The monoisotopic (exact) mass is 469 g/mol. The van der Waals surface area contributed by atoms with Crippen LogP contribution in [0.15, 0.2) is 65.5 Å². The molecule has 34 heavy (non-hydrogen) atoms. The smallest absolute Gasteiger partial charge is 0.462 e. The number of hydrogen-bond donors (Lipinski definition) is 1. The molecule has 7 nitrogen and oxygen atoms in total. The fourth-order valence-electron chi connectivity index (χ4n) is 3.71. The minimum atomic E-state index is -3.68. The second-order valence-corrected chi connectivity index (χ2v) is 7.59. The van der Waals surface area contributed by atoms with E-state index in [0.717, 1.165) is 6.07 Å². The van der Waals surface area contributed by atoms with Crippen LogP contribution in [0.3, 0.4) is 0 Å². The molecule has 0 bridgehead atoms. The van der Waals surface area contributed by atoms with Crippen LogP contribution in [0.5, 0.6) is 11.5 Å². The Morgan fingerprint density at radius 2 is 1.85 bits per heavy atom. The summed E-state index contributed by atoms with van der Waals surface area (Å²) in [4.78, 5) is 7.25. The van der Waals surface area contributed by atoms with E-state index in [4.69, 9.17) is 4.42 Å². The number of ether oxygens (including phenoxy) is 2. The standard InChI is InChI=1S/C23H12F4N4O3/c24-16-3-1-2-15(21(16)25)22-29-17-8-28-31(10-18(17)30-22)9-14-6-13(11-32-14)12-4-5-19-20(7-12)34-23(26,27)33-19/h1-8,10-11H,9H2/p+1. The van der Waals surface area contributed by atoms with Crippen LogP contribution in [0.4, 0.5) is 17.6 Å². The zero-order valence-electron chi connectivity index (χ0n) is 17.1. The fourth-order valence-corrected chi connectivity index (χ4v) is 3.71. The van der Waals surface area contributed by atoms with Crippen molar-refractivity contribution in [2.24, 2.45) is 0 Å². The van der Waals surface area contributed by atoms with Gasteiger partial charge in [0, 0.05) is 5.56 Å². The first-order valence-electron chi connectivity index (χ1n) is 10.0. The van der Waals surface area contributed by atoms with Crippen LogP contribution >= 0.6 is 0 Å². The molecule has 0 spiro atoms. The third-order valence-electron chi connectivity index (χ3n) is 5.28. The molecule has 0 amide bonds. The molecule has 5 aromatic rings. The summed E-state index contributed by atoms with van der Waals surface area (Å²) in [6, 6.07) is 10.1. The average Bonchev–Trinajstić information content (AvgIpc) is 3.50. The molecule has 11 heteroatoms. The van der Waals surface area contributed by atoms with Crippen molar-refractivity contribution >= 4 is 11.0 Å². The largest absolute Gasteiger partial charge is 0.586 e. The zero-order chi connectivity index (χ0) is 23.4. The number of imidazole rings is 1. The Hall–Kier alpha value is -4.41. The van der Waals surface area contributed by atoms with Gasteiger partial charge in [-0.15, -0.1) is 8.78 Å². The van der Waals surface area contributed by atoms with Gasteiger partial charge in [0.15, 0.2) is 28.9 Å². The topological polar surface area (TPSA) is 77.1 Å². The van der Waals surface area contributed by atoms with Crippen molar-refractivity contribution in [3.63, 3.8) is 0 Å². The van der Waals surface area contributed by atoms with E-state index >= 15 is 0 Å². The van der Waals surface area contributed by atoms with E-state index in [9.17, 15) is 17.6 Å². The number of rotatable bonds is 4. The van der Waals surface area contributed by atoms with Crippen LogP contribution in [-0.2, 0) is 6.54 Å². The molecule has 0 saturated heterocycles. The summed E-state index contributed by atoms with van der Waals surface area (Å²) in [7, 11) is 0. The summed E-state index contributed by atoms with van der Waals surface area (Å²) < 4.78 is 70.3. The normalized spacial score (nSPS) is 14.1. The minimum Gasteiger partial charge on any atom is -0.462 e. The average molecular weight is 469 g/mol. The predicted molar refractivity (Wildman–Crippen MR) is 109 cm³/mol. The molecule has 0 radical (unpaired) electrons. The Labute approximate surface area is 188 Å². The molecule has 2 aromatic carbocycles. The van der Waals surface area contributed by atoms with Gasteiger partial charge >= 0.3 is 6.29 Å². The van der Waals surface area contributed by atoms with Gasteiger partial charge < -0.3 is 18.9 Å². The van der Waals surface area contributed by atoms with Crippen molar-refractivity contribution in [1.82, 2.24) is 15.1 Å². The lowest BCUT2D eigenvalue weighted by molar-refractivity contribution is -0.746.